The van der Waals surface area contributed by atoms with Crippen LogP contribution in [-0.4, -0.2) is 37.5 Å². The second-order valence-corrected chi connectivity index (χ2v) is 5.30. The van der Waals surface area contributed by atoms with E-state index in [2.05, 4.69) is 19.8 Å². The van der Waals surface area contributed by atoms with E-state index in [-0.39, 0.29) is 13.0 Å². The van der Waals surface area contributed by atoms with Crippen LogP contribution in [0.2, 0.25) is 0 Å². The Morgan fingerprint density at radius 3 is 2.84 bits per heavy atom. The van der Waals surface area contributed by atoms with Crippen LogP contribution < -0.4 is 4.73 Å². The summed E-state index contributed by atoms with van der Waals surface area (Å²) in [6.45, 7) is -3.05. The van der Waals surface area contributed by atoms with E-state index in [0.717, 1.165) is 0 Å². The maximum absolute atomic E-state index is 12.3. The van der Waals surface area contributed by atoms with Gasteiger partial charge in [-0.3, -0.25) is 0 Å². The van der Waals surface area contributed by atoms with Crippen molar-refractivity contribution in [2.24, 2.45) is 7.05 Å². The summed E-state index contributed by atoms with van der Waals surface area (Å²) in [5.74, 6) is 0.560. The molecule has 1 atom stereocenters. The average molecular weight is 350 g/mol. The number of rotatable bonds is 7. The number of aromatic nitrogens is 6. The van der Waals surface area contributed by atoms with Crippen molar-refractivity contribution in [3.8, 4) is 11.5 Å². The number of alkyl halides is 2. The van der Waals surface area contributed by atoms with Crippen molar-refractivity contribution in [2.75, 3.05) is 6.61 Å². The van der Waals surface area contributed by atoms with E-state index in [4.69, 9.17) is 0 Å². The molecule has 3 aromatic heterocycles. The first kappa shape index (κ1) is 17.0. The molecule has 10 heteroatoms. The number of pyridine rings is 1. The largest absolute Gasteiger partial charge is 0.618 e. The lowest BCUT2D eigenvalue weighted by atomic mass is 10.1. The number of nitrogens with zero attached hydrogens (tertiary/aromatic N) is 6. The van der Waals surface area contributed by atoms with E-state index < -0.39 is 12.7 Å². The average Bonchev–Trinajstić information content (AvgIpc) is 3.21. The fourth-order valence-electron chi connectivity index (χ4n) is 2.57. The van der Waals surface area contributed by atoms with Gasteiger partial charge in [0.1, 0.15) is 18.1 Å². The molecule has 0 N–H and O–H groups in total. The number of aryl methyl sites for hydroxylation is 1. The quantitative estimate of drug-likeness (QED) is 0.477. The van der Waals surface area contributed by atoms with Gasteiger partial charge in [0.05, 0.1) is 12.9 Å². The third kappa shape index (κ3) is 3.79. The zero-order valence-corrected chi connectivity index (χ0v) is 13.4. The Labute approximate surface area is 141 Å². The molecule has 132 valence electrons. The molecule has 0 bridgehead atoms. The molecule has 0 aliphatic rings. The first-order chi connectivity index (χ1) is 12.1. The molecule has 0 saturated carbocycles. The van der Waals surface area contributed by atoms with Crippen LogP contribution in [0.15, 0.2) is 43.2 Å². The second-order valence-electron chi connectivity index (χ2n) is 5.30. The van der Waals surface area contributed by atoms with Crippen LogP contribution in [0.25, 0.3) is 11.5 Å². The highest BCUT2D eigenvalue weighted by atomic mass is 19.3. The fourth-order valence-corrected chi connectivity index (χ4v) is 2.57. The van der Waals surface area contributed by atoms with Crippen molar-refractivity contribution in [1.29, 1.82) is 0 Å². The van der Waals surface area contributed by atoms with Crippen molar-refractivity contribution in [2.45, 2.75) is 19.1 Å². The van der Waals surface area contributed by atoms with Crippen molar-refractivity contribution >= 4 is 0 Å². The molecule has 0 radical (unpaired) electrons. The minimum atomic E-state index is -2.85. The molecule has 3 heterocycles. The smallest absolute Gasteiger partial charge is 0.345 e. The maximum Gasteiger partial charge on any atom is 0.345 e. The van der Waals surface area contributed by atoms with Gasteiger partial charge in [-0.25, -0.2) is 14.6 Å². The van der Waals surface area contributed by atoms with E-state index in [9.17, 15) is 14.0 Å². The van der Waals surface area contributed by atoms with Gasteiger partial charge in [0.2, 0.25) is 5.69 Å². The Bertz CT molecular complexity index is 835. The molecule has 0 aliphatic heterocycles. The number of halogens is 2. The normalized spacial score (nSPS) is 12.6. The Morgan fingerprint density at radius 1 is 1.32 bits per heavy atom. The predicted octanol–water partition coefficient (Wildman–Crippen LogP) is 1.53. The van der Waals surface area contributed by atoms with Gasteiger partial charge >= 0.3 is 6.61 Å². The maximum atomic E-state index is 12.3. The minimum Gasteiger partial charge on any atom is -0.618 e. The summed E-state index contributed by atoms with van der Waals surface area (Å²) in [6.07, 6.45) is 6.18. The van der Waals surface area contributed by atoms with Crippen LogP contribution in [-0.2, 0) is 11.8 Å². The minimum absolute atomic E-state index is 0.186. The molecular weight excluding hydrogens is 334 g/mol. The van der Waals surface area contributed by atoms with Crippen LogP contribution in [0.1, 0.15) is 18.2 Å². The Balaban J connectivity index is 1.90. The van der Waals surface area contributed by atoms with Gasteiger partial charge in [0.25, 0.3) is 0 Å². The van der Waals surface area contributed by atoms with Gasteiger partial charge < -0.3 is 14.5 Å². The molecule has 8 nitrogen and oxygen atoms in total. The third-order valence-corrected chi connectivity index (χ3v) is 3.73. The van der Waals surface area contributed by atoms with Crippen LogP contribution in [0.5, 0.6) is 0 Å². The van der Waals surface area contributed by atoms with Gasteiger partial charge in [-0.15, -0.1) is 0 Å². The number of imidazole rings is 1. The van der Waals surface area contributed by atoms with E-state index in [1.165, 1.54) is 18.9 Å². The van der Waals surface area contributed by atoms with Crippen molar-refractivity contribution in [3.63, 3.8) is 0 Å². The standard InChI is InChI=1S/C15H16F2N6O2/c1-21-14(18-9-20-21)11-8-22(10-19-11)12(5-7-25-15(16)17)13-4-2-3-6-23(13)24/h2-4,6,8-10,12,15H,5,7H2,1H3. The zero-order chi connectivity index (χ0) is 17.8. The van der Waals surface area contributed by atoms with Crippen LogP contribution in [0.4, 0.5) is 8.78 Å². The van der Waals surface area contributed by atoms with Crippen LogP contribution >= 0.6 is 0 Å². The zero-order valence-electron chi connectivity index (χ0n) is 13.4. The van der Waals surface area contributed by atoms with Crippen molar-refractivity contribution in [3.05, 3.63) is 54.1 Å². The summed E-state index contributed by atoms with van der Waals surface area (Å²) in [7, 11) is 1.73. The van der Waals surface area contributed by atoms with E-state index >= 15 is 0 Å². The van der Waals surface area contributed by atoms with Gasteiger partial charge in [0.15, 0.2) is 12.0 Å². The van der Waals surface area contributed by atoms with Gasteiger partial charge in [0, 0.05) is 31.8 Å². The van der Waals surface area contributed by atoms with Gasteiger partial charge in [-0.05, 0) is 6.07 Å². The summed E-state index contributed by atoms with van der Waals surface area (Å²) in [4.78, 5) is 8.40. The molecule has 0 fully saturated rings. The number of hydrogen-bond donors (Lipinski definition) is 0. The molecule has 0 spiro atoms. The molecule has 25 heavy (non-hydrogen) atoms. The molecule has 1 unspecified atom stereocenters. The molecular formula is C15H16F2N6O2. The Kier molecular flexibility index (Phi) is 4.98. The highest BCUT2D eigenvalue weighted by Gasteiger charge is 2.23. The molecule has 3 aromatic rings. The SMILES string of the molecule is Cn1ncnc1-c1cn(C(CCOC(F)F)c2cccc[n+]2[O-])cn1. The topological polar surface area (TPSA) is 84.7 Å². The molecule has 0 aliphatic carbocycles. The Morgan fingerprint density at radius 2 is 2.16 bits per heavy atom. The van der Waals surface area contributed by atoms with E-state index in [0.29, 0.717) is 21.9 Å². The summed E-state index contributed by atoms with van der Waals surface area (Å²) in [5, 5.41) is 16.1. The van der Waals surface area contributed by atoms with Crippen molar-refractivity contribution < 1.29 is 18.2 Å². The number of ether oxygens (including phenoxy) is 1. The van der Waals surface area contributed by atoms with E-state index in [1.807, 2.05) is 0 Å². The lowest BCUT2D eigenvalue weighted by Gasteiger charge is -2.17. The van der Waals surface area contributed by atoms with Crippen LogP contribution in [0, 0.1) is 5.21 Å². The van der Waals surface area contributed by atoms with E-state index in [1.54, 1.807) is 40.7 Å². The summed E-state index contributed by atoms with van der Waals surface area (Å²) in [6, 6.07) is 4.45. The summed E-state index contributed by atoms with van der Waals surface area (Å²) in [5.41, 5.74) is 0.968. The monoisotopic (exact) mass is 350 g/mol. The highest BCUT2D eigenvalue weighted by Crippen LogP contribution is 2.22. The van der Waals surface area contributed by atoms with Crippen molar-refractivity contribution in [1.82, 2.24) is 24.3 Å². The molecule has 0 aromatic carbocycles. The number of hydrogen-bond acceptors (Lipinski definition) is 5. The summed E-state index contributed by atoms with van der Waals surface area (Å²) >= 11 is 0. The fraction of sp³-hybridized carbons (Fsp3) is 0.333. The second kappa shape index (κ2) is 7.34. The predicted molar refractivity (Wildman–Crippen MR) is 82.3 cm³/mol. The Hall–Kier alpha value is -2.88. The lowest BCUT2D eigenvalue weighted by molar-refractivity contribution is -0.616. The van der Waals surface area contributed by atoms with Gasteiger partial charge in [-0.2, -0.15) is 18.6 Å². The summed E-state index contributed by atoms with van der Waals surface area (Å²) < 4.78 is 32.9. The molecule has 0 amide bonds. The third-order valence-electron chi connectivity index (χ3n) is 3.73. The molecule has 0 saturated heterocycles. The van der Waals surface area contributed by atoms with Gasteiger partial charge in [-0.1, -0.05) is 0 Å². The lowest BCUT2D eigenvalue weighted by Crippen LogP contribution is -2.35. The van der Waals surface area contributed by atoms with Crippen LogP contribution in [0.3, 0.4) is 0 Å². The molecule has 3 rings (SSSR count). The highest BCUT2D eigenvalue weighted by molar-refractivity contribution is 5.47. The first-order valence-corrected chi connectivity index (χ1v) is 7.52. The first-order valence-electron chi connectivity index (χ1n) is 7.52.